The third-order valence-corrected chi connectivity index (χ3v) is 5.58. The van der Waals surface area contributed by atoms with Crippen molar-refractivity contribution in [3.8, 4) is 0 Å². The van der Waals surface area contributed by atoms with E-state index in [4.69, 9.17) is 0 Å². The fourth-order valence-electron chi connectivity index (χ4n) is 3.81. The molecule has 178 valence electrons. The van der Waals surface area contributed by atoms with E-state index >= 15 is 0 Å². The van der Waals surface area contributed by atoms with Gasteiger partial charge in [-0.05, 0) is 37.1 Å². The minimum absolute atomic E-state index is 0.0414. The molecule has 1 aliphatic carbocycles. The maximum Gasteiger partial charge on any atom is 0.416 e. The standard InChI is InChI=1S/C22H24F4N4O3/c1-27-20(32)14-8-18(19(28-10-14)29-17-5-3-2-4-12(17)11-31)30-21(33)13-6-15(22(24,25)26)9-16(23)7-13/h6-10,12,17,31H,2-5,11H2,1H3,(H,27,32)(H,28,29)(H,30,33)/t12-,17+/m0/s1. The van der Waals surface area contributed by atoms with E-state index in [1.165, 1.54) is 19.3 Å². The van der Waals surface area contributed by atoms with Gasteiger partial charge in [0.1, 0.15) is 11.6 Å². The highest BCUT2D eigenvalue weighted by atomic mass is 19.4. The number of nitrogens with zero attached hydrogens (tertiary/aromatic N) is 1. The second kappa shape index (κ2) is 10.2. The molecule has 3 rings (SSSR count). The molecule has 0 unspecified atom stereocenters. The Morgan fingerprint density at radius 2 is 1.82 bits per heavy atom. The summed E-state index contributed by atoms with van der Waals surface area (Å²) in [6.45, 7) is -0.0425. The second-order valence-electron chi connectivity index (χ2n) is 7.86. The Hall–Kier alpha value is -3.21. The summed E-state index contributed by atoms with van der Waals surface area (Å²) in [6, 6.07) is 2.72. The zero-order valence-corrected chi connectivity index (χ0v) is 17.8. The number of aliphatic hydroxyl groups is 1. The lowest BCUT2D eigenvalue weighted by Gasteiger charge is -2.31. The Kier molecular flexibility index (Phi) is 7.52. The number of carbonyl (C=O) groups excluding carboxylic acids is 2. The molecule has 33 heavy (non-hydrogen) atoms. The summed E-state index contributed by atoms with van der Waals surface area (Å²) in [6.07, 6.45) is -0.0960. The van der Waals surface area contributed by atoms with Crippen LogP contribution in [0.4, 0.5) is 29.1 Å². The summed E-state index contributed by atoms with van der Waals surface area (Å²) in [5.41, 5.74) is -1.68. The summed E-state index contributed by atoms with van der Waals surface area (Å²) in [4.78, 5) is 29.0. The number of amides is 2. The molecule has 11 heteroatoms. The number of nitrogens with one attached hydrogen (secondary N) is 3. The fraction of sp³-hybridized carbons (Fsp3) is 0.409. The molecule has 1 aromatic heterocycles. The molecule has 1 heterocycles. The van der Waals surface area contributed by atoms with Crippen molar-refractivity contribution in [3.05, 3.63) is 53.0 Å². The van der Waals surface area contributed by atoms with E-state index in [0.717, 1.165) is 25.7 Å². The molecule has 1 aromatic carbocycles. The molecule has 4 N–H and O–H groups in total. The average Bonchev–Trinajstić information content (AvgIpc) is 2.79. The summed E-state index contributed by atoms with van der Waals surface area (Å²) >= 11 is 0. The van der Waals surface area contributed by atoms with Crippen molar-refractivity contribution in [2.75, 3.05) is 24.3 Å². The zero-order valence-electron chi connectivity index (χ0n) is 17.8. The van der Waals surface area contributed by atoms with Crippen LogP contribution >= 0.6 is 0 Å². The van der Waals surface area contributed by atoms with Gasteiger partial charge in [-0.2, -0.15) is 13.2 Å². The Labute approximate surface area is 187 Å². The number of aromatic nitrogens is 1. The van der Waals surface area contributed by atoms with Crippen molar-refractivity contribution >= 4 is 23.3 Å². The molecule has 0 spiro atoms. The lowest BCUT2D eigenvalue weighted by Crippen LogP contribution is -2.35. The molecule has 1 saturated carbocycles. The average molecular weight is 468 g/mol. The number of hydrogen-bond acceptors (Lipinski definition) is 5. The topological polar surface area (TPSA) is 103 Å². The van der Waals surface area contributed by atoms with E-state index in [-0.39, 0.29) is 35.6 Å². The van der Waals surface area contributed by atoms with Crippen molar-refractivity contribution in [1.29, 1.82) is 0 Å². The van der Waals surface area contributed by atoms with Crippen molar-refractivity contribution in [2.24, 2.45) is 5.92 Å². The van der Waals surface area contributed by atoms with E-state index < -0.39 is 34.9 Å². The van der Waals surface area contributed by atoms with E-state index in [2.05, 4.69) is 20.9 Å². The quantitative estimate of drug-likeness (QED) is 0.483. The summed E-state index contributed by atoms with van der Waals surface area (Å²) in [5, 5.41) is 17.7. The number of rotatable bonds is 6. The van der Waals surface area contributed by atoms with Gasteiger partial charge in [-0.25, -0.2) is 9.37 Å². The first-order valence-electron chi connectivity index (χ1n) is 10.4. The van der Waals surface area contributed by atoms with Crippen molar-refractivity contribution in [1.82, 2.24) is 10.3 Å². The summed E-state index contributed by atoms with van der Waals surface area (Å²) < 4.78 is 52.9. The molecule has 1 aliphatic rings. The van der Waals surface area contributed by atoms with Gasteiger partial charge in [0.05, 0.1) is 16.8 Å². The molecule has 2 atom stereocenters. The van der Waals surface area contributed by atoms with Crippen molar-refractivity contribution in [2.45, 2.75) is 37.9 Å². The first-order valence-corrected chi connectivity index (χ1v) is 10.4. The Morgan fingerprint density at radius 3 is 2.48 bits per heavy atom. The van der Waals surface area contributed by atoms with Gasteiger partial charge in [-0.15, -0.1) is 0 Å². The molecule has 0 bridgehead atoms. The number of pyridine rings is 1. The van der Waals surface area contributed by atoms with Gasteiger partial charge < -0.3 is 21.1 Å². The Bertz CT molecular complexity index is 1030. The minimum Gasteiger partial charge on any atom is -0.396 e. The highest BCUT2D eigenvalue weighted by Crippen LogP contribution is 2.32. The normalized spacial score (nSPS) is 18.5. The largest absolute Gasteiger partial charge is 0.416 e. The van der Waals surface area contributed by atoms with Gasteiger partial charge in [0, 0.05) is 37.4 Å². The van der Waals surface area contributed by atoms with Crippen LogP contribution in [0.25, 0.3) is 0 Å². The van der Waals surface area contributed by atoms with Crippen LogP contribution in [0.3, 0.4) is 0 Å². The number of halogens is 4. The number of carbonyl (C=O) groups is 2. The first-order chi connectivity index (χ1) is 15.6. The predicted octanol–water partition coefficient (Wildman–Crippen LogP) is 3.81. The Morgan fingerprint density at radius 1 is 1.09 bits per heavy atom. The maximum atomic E-state index is 13.8. The molecule has 0 radical (unpaired) electrons. The van der Waals surface area contributed by atoms with Crippen LogP contribution in [0, 0.1) is 11.7 Å². The zero-order chi connectivity index (χ0) is 24.2. The lowest BCUT2D eigenvalue weighted by atomic mass is 9.85. The van der Waals surface area contributed by atoms with Crippen LogP contribution in [0.15, 0.2) is 30.5 Å². The van der Waals surface area contributed by atoms with Crippen LogP contribution < -0.4 is 16.0 Å². The smallest absolute Gasteiger partial charge is 0.396 e. The van der Waals surface area contributed by atoms with Crippen LogP contribution in [0.1, 0.15) is 52.0 Å². The highest BCUT2D eigenvalue weighted by molar-refractivity contribution is 6.06. The van der Waals surface area contributed by atoms with Gasteiger partial charge >= 0.3 is 6.18 Å². The molecule has 0 saturated heterocycles. The molecule has 2 amide bonds. The second-order valence-corrected chi connectivity index (χ2v) is 7.86. The number of anilines is 2. The van der Waals surface area contributed by atoms with E-state index in [0.29, 0.717) is 18.2 Å². The molecule has 1 fully saturated rings. The third kappa shape index (κ3) is 5.98. The van der Waals surface area contributed by atoms with Crippen molar-refractivity contribution < 1.29 is 32.3 Å². The minimum atomic E-state index is -4.83. The summed E-state index contributed by atoms with van der Waals surface area (Å²) in [7, 11) is 1.41. The molecular weight excluding hydrogens is 444 g/mol. The lowest BCUT2D eigenvalue weighted by molar-refractivity contribution is -0.137. The van der Waals surface area contributed by atoms with Gasteiger partial charge in [-0.3, -0.25) is 9.59 Å². The number of hydrogen-bond donors (Lipinski definition) is 4. The Balaban J connectivity index is 1.93. The SMILES string of the molecule is CNC(=O)c1cnc(N[C@@H]2CCCC[C@H]2CO)c(NC(=O)c2cc(F)cc(C(F)(F)F)c2)c1. The molecule has 2 aromatic rings. The number of benzene rings is 1. The van der Waals surface area contributed by atoms with Gasteiger partial charge in [0.15, 0.2) is 0 Å². The van der Waals surface area contributed by atoms with Gasteiger partial charge in [0.2, 0.25) is 0 Å². The maximum absolute atomic E-state index is 13.8. The number of aliphatic hydroxyl groups excluding tert-OH is 1. The van der Waals surface area contributed by atoms with Crippen LogP contribution in [0.5, 0.6) is 0 Å². The van der Waals surface area contributed by atoms with E-state index in [9.17, 15) is 32.3 Å². The van der Waals surface area contributed by atoms with E-state index in [1.54, 1.807) is 0 Å². The highest BCUT2D eigenvalue weighted by Gasteiger charge is 2.32. The van der Waals surface area contributed by atoms with Crippen LogP contribution in [-0.2, 0) is 6.18 Å². The summed E-state index contributed by atoms with van der Waals surface area (Å²) in [5.74, 6) is -2.55. The van der Waals surface area contributed by atoms with Gasteiger partial charge in [0.25, 0.3) is 11.8 Å². The predicted molar refractivity (Wildman–Crippen MR) is 113 cm³/mol. The monoisotopic (exact) mass is 468 g/mol. The van der Waals surface area contributed by atoms with Gasteiger partial charge in [-0.1, -0.05) is 12.8 Å². The molecule has 0 aliphatic heterocycles. The molecule has 7 nitrogen and oxygen atoms in total. The van der Waals surface area contributed by atoms with Crippen molar-refractivity contribution in [3.63, 3.8) is 0 Å². The molecular formula is C22H24F4N4O3. The number of alkyl halides is 3. The first kappa shape index (κ1) is 24.4. The third-order valence-electron chi connectivity index (χ3n) is 5.58. The fourth-order valence-corrected chi connectivity index (χ4v) is 3.81. The van der Waals surface area contributed by atoms with Crippen LogP contribution in [0.2, 0.25) is 0 Å². The van der Waals surface area contributed by atoms with E-state index in [1.807, 2.05) is 0 Å². The van der Waals surface area contributed by atoms with Crippen LogP contribution in [-0.4, -0.2) is 41.6 Å².